The van der Waals surface area contributed by atoms with E-state index in [1.165, 1.54) is 32.1 Å². The highest BCUT2D eigenvalue weighted by molar-refractivity contribution is 5.66. The molecule has 0 bridgehead atoms. The highest BCUT2D eigenvalue weighted by Gasteiger charge is 2.25. The van der Waals surface area contributed by atoms with Crippen LogP contribution in [0.3, 0.4) is 0 Å². The summed E-state index contributed by atoms with van der Waals surface area (Å²) >= 11 is 0. The van der Waals surface area contributed by atoms with Crippen LogP contribution in [0.25, 0.3) is 0 Å². The van der Waals surface area contributed by atoms with Crippen molar-refractivity contribution in [3.8, 4) is 5.75 Å². The molecular weight excluding hydrogens is 318 g/mol. The molecule has 1 heterocycles. The monoisotopic (exact) mass is 347 g/mol. The molecular formula is C20H29NO4. The van der Waals surface area contributed by atoms with Crippen LogP contribution in [0.2, 0.25) is 0 Å². The van der Waals surface area contributed by atoms with Crippen molar-refractivity contribution in [3.05, 3.63) is 29.8 Å². The lowest BCUT2D eigenvalue weighted by molar-refractivity contribution is -0.137. The van der Waals surface area contributed by atoms with Crippen LogP contribution in [0.4, 0.5) is 0 Å². The highest BCUT2D eigenvalue weighted by Crippen LogP contribution is 2.32. The molecule has 5 nitrogen and oxygen atoms in total. The molecule has 1 aliphatic carbocycles. The van der Waals surface area contributed by atoms with Crippen molar-refractivity contribution in [2.75, 3.05) is 32.8 Å². The summed E-state index contributed by atoms with van der Waals surface area (Å²) in [5.74, 6) is 0.832. The molecule has 1 aliphatic heterocycles. The third-order valence-electron chi connectivity index (χ3n) is 5.26. The van der Waals surface area contributed by atoms with E-state index in [0.717, 1.165) is 31.0 Å². The number of carbonyl (C=O) groups is 1. The van der Waals surface area contributed by atoms with Gasteiger partial charge in [0, 0.05) is 25.2 Å². The first-order chi connectivity index (χ1) is 12.2. The summed E-state index contributed by atoms with van der Waals surface area (Å²) in [5, 5.41) is 8.89. The molecule has 25 heavy (non-hydrogen) atoms. The molecule has 2 aliphatic rings. The maximum atomic E-state index is 10.8. The van der Waals surface area contributed by atoms with E-state index in [1.54, 1.807) is 0 Å². The zero-order chi connectivity index (χ0) is 17.5. The molecule has 0 aromatic heterocycles. The van der Waals surface area contributed by atoms with Crippen LogP contribution in [-0.2, 0) is 9.53 Å². The minimum atomic E-state index is -0.751. The molecule has 2 fully saturated rings. The van der Waals surface area contributed by atoms with Crippen molar-refractivity contribution in [3.63, 3.8) is 0 Å². The van der Waals surface area contributed by atoms with Gasteiger partial charge in [0.15, 0.2) is 0 Å². The molecule has 1 saturated heterocycles. The Morgan fingerprint density at radius 1 is 1.24 bits per heavy atom. The van der Waals surface area contributed by atoms with Gasteiger partial charge in [0.25, 0.3) is 0 Å². The zero-order valence-electron chi connectivity index (χ0n) is 14.9. The number of carboxylic acid groups (broad SMARTS) is 1. The summed E-state index contributed by atoms with van der Waals surface area (Å²) < 4.78 is 12.1. The Balaban J connectivity index is 1.60. The van der Waals surface area contributed by atoms with Gasteiger partial charge in [-0.25, -0.2) is 0 Å². The van der Waals surface area contributed by atoms with Crippen LogP contribution < -0.4 is 4.74 Å². The molecule has 0 radical (unpaired) electrons. The molecule has 0 amide bonds. The van der Waals surface area contributed by atoms with Gasteiger partial charge in [-0.3, -0.25) is 9.69 Å². The number of rotatable bonds is 7. The van der Waals surface area contributed by atoms with Crippen LogP contribution in [0.1, 0.15) is 50.2 Å². The lowest BCUT2D eigenvalue weighted by Crippen LogP contribution is -2.39. The predicted octanol–water partition coefficient (Wildman–Crippen LogP) is 3.49. The van der Waals surface area contributed by atoms with Gasteiger partial charge in [-0.15, -0.1) is 0 Å². The molecule has 1 aromatic rings. The largest absolute Gasteiger partial charge is 0.493 e. The summed E-state index contributed by atoms with van der Waals surface area (Å²) in [6, 6.07) is 8.12. The molecule has 1 atom stereocenters. The molecule has 1 N–H and O–H groups in total. The van der Waals surface area contributed by atoms with Crippen molar-refractivity contribution < 1.29 is 19.4 Å². The minimum Gasteiger partial charge on any atom is -0.493 e. The van der Waals surface area contributed by atoms with Gasteiger partial charge in [0.05, 0.1) is 25.7 Å². The van der Waals surface area contributed by atoms with E-state index in [4.69, 9.17) is 14.6 Å². The van der Waals surface area contributed by atoms with Gasteiger partial charge in [0.2, 0.25) is 0 Å². The lowest BCUT2D eigenvalue weighted by Gasteiger charge is -2.33. The summed E-state index contributed by atoms with van der Waals surface area (Å²) in [6.45, 7) is 3.49. The highest BCUT2D eigenvalue weighted by atomic mass is 16.5. The Morgan fingerprint density at radius 2 is 2.04 bits per heavy atom. The van der Waals surface area contributed by atoms with Gasteiger partial charge in [-0.1, -0.05) is 37.5 Å². The second-order valence-electron chi connectivity index (χ2n) is 7.16. The van der Waals surface area contributed by atoms with E-state index in [2.05, 4.69) is 11.0 Å². The van der Waals surface area contributed by atoms with Gasteiger partial charge in [-0.05, 0) is 24.8 Å². The van der Waals surface area contributed by atoms with Gasteiger partial charge in [0.1, 0.15) is 5.75 Å². The average Bonchev–Trinajstić information content (AvgIpc) is 2.66. The van der Waals surface area contributed by atoms with Gasteiger partial charge < -0.3 is 14.6 Å². The Labute approximate surface area is 149 Å². The topological polar surface area (TPSA) is 59.0 Å². The van der Waals surface area contributed by atoms with Crippen LogP contribution in [0.5, 0.6) is 5.75 Å². The van der Waals surface area contributed by atoms with Crippen LogP contribution in [-0.4, -0.2) is 48.8 Å². The summed E-state index contributed by atoms with van der Waals surface area (Å²) in [6.07, 6.45) is 6.66. The van der Waals surface area contributed by atoms with E-state index >= 15 is 0 Å². The number of nitrogens with zero attached hydrogens (tertiary/aromatic N) is 1. The third-order valence-corrected chi connectivity index (χ3v) is 5.26. The van der Waals surface area contributed by atoms with Gasteiger partial charge in [-0.2, -0.15) is 0 Å². The molecule has 138 valence electrons. The maximum absolute atomic E-state index is 10.8. The van der Waals surface area contributed by atoms with Crippen molar-refractivity contribution in [1.82, 2.24) is 4.90 Å². The fourth-order valence-corrected chi connectivity index (χ4v) is 3.79. The molecule has 1 unspecified atom stereocenters. The first-order valence-corrected chi connectivity index (χ1v) is 9.50. The average molecular weight is 347 g/mol. The summed E-state index contributed by atoms with van der Waals surface area (Å²) in [5.41, 5.74) is 1.08. The van der Waals surface area contributed by atoms with Crippen molar-refractivity contribution >= 4 is 5.97 Å². The van der Waals surface area contributed by atoms with E-state index in [0.29, 0.717) is 19.1 Å². The first kappa shape index (κ1) is 18.2. The quantitative estimate of drug-likeness (QED) is 0.818. The zero-order valence-corrected chi connectivity index (χ0v) is 14.9. The first-order valence-electron chi connectivity index (χ1n) is 9.50. The van der Waals surface area contributed by atoms with Crippen molar-refractivity contribution in [2.24, 2.45) is 5.92 Å². The number of ether oxygens (including phenoxy) is 2. The summed E-state index contributed by atoms with van der Waals surface area (Å²) in [7, 11) is 0. The molecule has 5 heteroatoms. The van der Waals surface area contributed by atoms with Crippen molar-refractivity contribution in [2.45, 2.75) is 44.6 Å². The Morgan fingerprint density at radius 3 is 2.84 bits per heavy atom. The number of carboxylic acids is 1. The summed E-state index contributed by atoms with van der Waals surface area (Å²) in [4.78, 5) is 13.0. The van der Waals surface area contributed by atoms with Crippen LogP contribution in [0, 0.1) is 5.92 Å². The third kappa shape index (κ3) is 5.44. The predicted molar refractivity (Wildman–Crippen MR) is 95.9 cm³/mol. The Bertz CT molecular complexity index is 556. The minimum absolute atomic E-state index is 0.0508. The number of benzene rings is 1. The molecule has 1 saturated carbocycles. The number of aliphatic carboxylic acids is 1. The SMILES string of the molecule is O=C(O)CCN1CCOC(c2ccccc2OCC2CCCCC2)C1. The van der Waals surface area contributed by atoms with E-state index in [9.17, 15) is 4.79 Å². The normalized spacial score (nSPS) is 22.6. The second-order valence-corrected chi connectivity index (χ2v) is 7.16. The Kier molecular flexibility index (Phi) is 6.70. The molecule has 1 aromatic carbocycles. The molecule has 0 spiro atoms. The van der Waals surface area contributed by atoms with E-state index < -0.39 is 5.97 Å². The number of hydrogen-bond acceptors (Lipinski definition) is 4. The number of para-hydroxylation sites is 1. The Hall–Kier alpha value is -1.59. The maximum Gasteiger partial charge on any atom is 0.304 e. The number of morpholine rings is 1. The van der Waals surface area contributed by atoms with E-state index in [-0.39, 0.29) is 12.5 Å². The number of hydrogen-bond donors (Lipinski definition) is 1. The van der Waals surface area contributed by atoms with Crippen LogP contribution >= 0.6 is 0 Å². The van der Waals surface area contributed by atoms with Crippen LogP contribution in [0.15, 0.2) is 24.3 Å². The fourth-order valence-electron chi connectivity index (χ4n) is 3.79. The van der Waals surface area contributed by atoms with E-state index in [1.807, 2.05) is 18.2 Å². The van der Waals surface area contributed by atoms with Crippen molar-refractivity contribution in [1.29, 1.82) is 0 Å². The lowest BCUT2D eigenvalue weighted by atomic mass is 9.90. The molecule has 3 rings (SSSR count). The standard InChI is InChI=1S/C20H29NO4/c22-20(23)10-11-21-12-13-24-19(14-21)17-8-4-5-9-18(17)25-15-16-6-2-1-3-7-16/h4-5,8-9,16,19H,1-3,6-7,10-15H2,(H,22,23). The second kappa shape index (κ2) is 9.20. The van der Waals surface area contributed by atoms with Gasteiger partial charge >= 0.3 is 5.97 Å². The smallest absolute Gasteiger partial charge is 0.304 e. The fraction of sp³-hybridized carbons (Fsp3) is 0.650.